The van der Waals surface area contributed by atoms with Crippen LogP contribution in [0.5, 0.6) is 11.6 Å². The van der Waals surface area contributed by atoms with Crippen molar-refractivity contribution in [1.82, 2.24) is 9.97 Å². The summed E-state index contributed by atoms with van der Waals surface area (Å²) in [5.41, 5.74) is 4.21. The SMILES string of the molecule is CC(C)c1ccc2[nH]c(O)c(N=NC(=O)c3ccc(COc4cccc5cccnc45)cc3)c2c1. The van der Waals surface area contributed by atoms with E-state index in [0.29, 0.717) is 23.8 Å². The molecule has 7 heteroatoms. The zero-order valence-corrected chi connectivity index (χ0v) is 19.4. The minimum Gasteiger partial charge on any atom is -0.493 e. The monoisotopic (exact) mass is 464 g/mol. The molecule has 2 aromatic heterocycles. The van der Waals surface area contributed by atoms with Gasteiger partial charge in [0.05, 0.1) is 5.52 Å². The number of hydrogen-bond acceptors (Lipinski definition) is 5. The minimum atomic E-state index is -0.496. The van der Waals surface area contributed by atoms with Gasteiger partial charge in [-0.25, -0.2) is 0 Å². The molecule has 0 unspecified atom stereocenters. The van der Waals surface area contributed by atoms with Crippen LogP contribution in [0.25, 0.3) is 21.8 Å². The number of aromatic nitrogens is 2. The summed E-state index contributed by atoms with van der Waals surface area (Å²) < 4.78 is 5.96. The summed E-state index contributed by atoms with van der Waals surface area (Å²) in [7, 11) is 0. The Kier molecular flexibility index (Phi) is 5.97. The van der Waals surface area contributed by atoms with Gasteiger partial charge in [0.25, 0.3) is 5.91 Å². The molecule has 1 amide bonds. The van der Waals surface area contributed by atoms with E-state index in [0.717, 1.165) is 32.9 Å². The summed E-state index contributed by atoms with van der Waals surface area (Å²) in [5.74, 6) is 0.413. The number of rotatable bonds is 6. The van der Waals surface area contributed by atoms with Crippen molar-refractivity contribution in [3.8, 4) is 11.6 Å². The number of aromatic hydroxyl groups is 1. The molecule has 0 radical (unpaired) electrons. The number of ether oxygens (including phenoxy) is 1. The Hall–Kier alpha value is -4.52. The lowest BCUT2D eigenvalue weighted by Crippen LogP contribution is -1.98. The van der Waals surface area contributed by atoms with Gasteiger partial charge in [-0.3, -0.25) is 9.78 Å². The summed E-state index contributed by atoms with van der Waals surface area (Å²) in [6.45, 7) is 4.52. The van der Waals surface area contributed by atoms with E-state index in [1.165, 1.54) is 0 Å². The predicted molar refractivity (Wildman–Crippen MR) is 135 cm³/mol. The molecule has 0 saturated carbocycles. The van der Waals surface area contributed by atoms with E-state index in [1.807, 2.05) is 60.7 Å². The largest absolute Gasteiger partial charge is 0.493 e. The first kappa shape index (κ1) is 22.3. The van der Waals surface area contributed by atoms with Crippen molar-refractivity contribution in [3.63, 3.8) is 0 Å². The quantitative estimate of drug-likeness (QED) is 0.263. The van der Waals surface area contributed by atoms with Crippen LogP contribution < -0.4 is 4.74 Å². The van der Waals surface area contributed by atoms with Crippen LogP contribution in [0.2, 0.25) is 0 Å². The maximum atomic E-state index is 12.6. The first-order valence-corrected chi connectivity index (χ1v) is 11.4. The maximum absolute atomic E-state index is 12.6. The van der Waals surface area contributed by atoms with Gasteiger partial charge < -0.3 is 14.8 Å². The first-order valence-electron chi connectivity index (χ1n) is 11.4. The summed E-state index contributed by atoms with van der Waals surface area (Å²) in [4.78, 5) is 19.9. The Bertz CT molecular complexity index is 1550. The second-order valence-corrected chi connectivity index (χ2v) is 8.60. The van der Waals surface area contributed by atoms with E-state index in [-0.39, 0.29) is 11.6 Å². The number of azo groups is 1. The number of pyridine rings is 1. The van der Waals surface area contributed by atoms with Gasteiger partial charge in [-0.15, -0.1) is 10.2 Å². The highest BCUT2D eigenvalue weighted by Crippen LogP contribution is 2.37. The Labute approximate surface area is 202 Å². The molecule has 0 aliphatic rings. The highest BCUT2D eigenvalue weighted by molar-refractivity contribution is 5.97. The van der Waals surface area contributed by atoms with E-state index >= 15 is 0 Å². The summed E-state index contributed by atoms with van der Waals surface area (Å²) in [6, 6.07) is 22.5. The highest BCUT2D eigenvalue weighted by Gasteiger charge is 2.13. The third-order valence-electron chi connectivity index (χ3n) is 5.87. The molecule has 3 aromatic carbocycles. The van der Waals surface area contributed by atoms with Gasteiger partial charge in [0, 0.05) is 22.5 Å². The molecule has 0 bridgehead atoms. The highest BCUT2D eigenvalue weighted by atomic mass is 16.5. The average molecular weight is 465 g/mol. The molecular formula is C28H24N4O3. The van der Waals surface area contributed by atoms with Crippen LogP contribution in [-0.4, -0.2) is 21.0 Å². The van der Waals surface area contributed by atoms with E-state index in [2.05, 4.69) is 34.0 Å². The van der Waals surface area contributed by atoms with Gasteiger partial charge in [-0.1, -0.05) is 50.2 Å². The molecule has 5 aromatic rings. The molecule has 0 saturated heterocycles. The lowest BCUT2D eigenvalue weighted by molar-refractivity contribution is 0.0995. The fraction of sp³-hybridized carbons (Fsp3) is 0.143. The number of nitrogens with one attached hydrogen (secondary N) is 1. The van der Waals surface area contributed by atoms with Gasteiger partial charge in [0.1, 0.15) is 17.9 Å². The molecule has 0 spiro atoms. The number of fused-ring (bicyclic) bond motifs is 2. The fourth-order valence-electron chi connectivity index (χ4n) is 3.89. The molecule has 0 atom stereocenters. The van der Waals surface area contributed by atoms with Crippen molar-refractivity contribution in [1.29, 1.82) is 0 Å². The van der Waals surface area contributed by atoms with Gasteiger partial charge >= 0.3 is 0 Å². The van der Waals surface area contributed by atoms with Crippen LogP contribution in [-0.2, 0) is 6.61 Å². The van der Waals surface area contributed by atoms with Crippen molar-refractivity contribution in [2.24, 2.45) is 10.2 Å². The summed E-state index contributed by atoms with van der Waals surface area (Å²) in [6.07, 6.45) is 1.74. The van der Waals surface area contributed by atoms with Crippen molar-refractivity contribution in [2.75, 3.05) is 0 Å². The Balaban J connectivity index is 1.29. The van der Waals surface area contributed by atoms with Gasteiger partial charge in [0.15, 0.2) is 5.69 Å². The van der Waals surface area contributed by atoms with Crippen LogP contribution in [0.15, 0.2) is 89.2 Å². The van der Waals surface area contributed by atoms with Gasteiger partial charge in [-0.05, 0) is 53.4 Å². The fourth-order valence-corrected chi connectivity index (χ4v) is 3.89. The molecule has 7 nitrogen and oxygen atoms in total. The molecule has 0 aliphatic carbocycles. The van der Waals surface area contributed by atoms with Crippen molar-refractivity contribution in [2.45, 2.75) is 26.4 Å². The molecular weight excluding hydrogens is 440 g/mol. The zero-order chi connectivity index (χ0) is 24.4. The standard InChI is InChI=1S/C28H24N4O3/c1-17(2)21-12-13-23-22(15-21)26(28(34)30-23)31-32-27(33)20-10-8-18(9-11-20)16-35-24-7-3-5-19-6-4-14-29-25(19)24/h3-15,17,30,34H,16H2,1-2H3. The van der Waals surface area contributed by atoms with Crippen LogP contribution >= 0.6 is 0 Å². The third-order valence-corrected chi connectivity index (χ3v) is 5.87. The summed E-state index contributed by atoms with van der Waals surface area (Å²) in [5, 5.41) is 19.9. The molecule has 2 N–H and O–H groups in total. The Morgan fingerprint density at radius 2 is 1.86 bits per heavy atom. The second-order valence-electron chi connectivity index (χ2n) is 8.60. The number of amides is 1. The number of H-pyrrole nitrogens is 1. The van der Waals surface area contributed by atoms with Crippen LogP contribution in [0.4, 0.5) is 5.69 Å². The number of hydrogen-bond donors (Lipinski definition) is 2. The third kappa shape index (κ3) is 4.61. The molecule has 0 fully saturated rings. The topological polar surface area (TPSA) is 99.9 Å². The van der Waals surface area contributed by atoms with Crippen molar-refractivity contribution >= 4 is 33.4 Å². The van der Waals surface area contributed by atoms with Crippen molar-refractivity contribution in [3.05, 3.63) is 95.7 Å². The first-order chi connectivity index (χ1) is 17.0. The normalized spacial score (nSPS) is 11.6. The molecule has 174 valence electrons. The van der Waals surface area contributed by atoms with Crippen LogP contribution in [0.1, 0.15) is 41.3 Å². The van der Waals surface area contributed by atoms with E-state index in [4.69, 9.17) is 4.74 Å². The number of nitrogens with zero attached hydrogens (tertiary/aromatic N) is 3. The number of aromatic amines is 1. The zero-order valence-electron chi connectivity index (χ0n) is 19.4. The van der Waals surface area contributed by atoms with Gasteiger partial charge in [-0.2, -0.15) is 0 Å². The van der Waals surface area contributed by atoms with Gasteiger partial charge in [0.2, 0.25) is 5.88 Å². The van der Waals surface area contributed by atoms with Crippen LogP contribution in [0, 0.1) is 0 Å². The molecule has 2 heterocycles. The van der Waals surface area contributed by atoms with Crippen molar-refractivity contribution < 1.29 is 14.6 Å². The van der Waals surface area contributed by atoms with E-state index < -0.39 is 5.91 Å². The average Bonchev–Trinajstić information content (AvgIpc) is 3.20. The lowest BCUT2D eigenvalue weighted by atomic mass is 10.0. The number of benzene rings is 3. The van der Waals surface area contributed by atoms with Crippen LogP contribution in [0.3, 0.4) is 0 Å². The number of para-hydroxylation sites is 1. The van der Waals surface area contributed by atoms with E-state index in [1.54, 1.807) is 18.3 Å². The predicted octanol–water partition coefficient (Wildman–Crippen LogP) is 7.05. The Morgan fingerprint density at radius 3 is 2.66 bits per heavy atom. The summed E-state index contributed by atoms with van der Waals surface area (Å²) >= 11 is 0. The molecule has 0 aliphatic heterocycles. The number of carbonyl (C=O) groups excluding carboxylic acids is 1. The lowest BCUT2D eigenvalue weighted by Gasteiger charge is -2.09. The second kappa shape index (κ2) is 9.38. The molecule has 35 heavy (non-hydrogen) atoms. The van der Waals surface area contributed by atoms with E-state index in [9.17, 15) is 9.90 Å². The number of carbonyl (C=O) groups is 1. The Morgan fingerprint density at radius 1 is 1.06 bits per heavy atom. The maximum Gasteiger partial charge on any atom is 0.295 e. The minimum absolute atomic E-state index is 0.118. The molecule has 5 rings (SSSR count). The smallest absolute Gasteiger partial charge is 0.295 e.